The van der Waals surface area contributed by atoms with Gasteiger partial charge in [0.15, 0.2) is 0 Å². The van der Waals surface area contributed by atoms with Crippen LogP contribution >= 0.6 is 0 Å². The highest BCUT2D eigenvalue weighted by molar-refractivity contribution is 5.69. The molecule has 2 aromatic carbocycles. The number of hydrogen-bond acceptors (Lipinski definition) is 3. The van der Waals surface area contributed by atoms with Gasteiger partial charge >= 0.3 is 11.9 Å². The Morgan fingerprint density at radius 3 is 1.64 bits per heavy atom. The molecule has 0 bridgehead atoms. The number of ether oxygens (including phenoxy) is 1. The number of aryl methyl sites for hydroxylation is 2. The molecule has 25 heavy (non-hydrogen) atoms. The highest BCUT2D eigenvalue weighted by atomic mass is 16.5. The molecule has 0 radical (unpaired) electrons. The first-order chi connectivity index (χ1) is 12.1. The molecule has 0 amide bonds. The van der Waals surface area contributed by atoms with Crippen LogP contribution in [-0.2, 0) is 27.2 Å². The lowest BCUT2D eigenvalue weighted by Crippen LogP contribution is -2.00. The lowest BCUT2D eigenvalue weighted by atomic mass is 10.1. The van der Waals surface area contributed by atoms with Crippen molar-refractivity contribution in [3.63, 3.8) is 0 Å². The summed E-state index contributed by atoms with van der Waals surface area (Å²) in [5, 5.41) is 8.39. The molecule has 4 nitrogen and oxygen atoms in total. The molecule has 4 heteroatoms. The molecule has 0 aromatic heterocycles. The molecule has 0 saturated heterocycles. The fourth-order valence-corrected chi connectivity index (χ4v) is 2.27. The van der Waals surface area contributed by atoms with Crippen molar-refractivity contribution >= 4 is 11.9 Å². The van der Waals surface area contributed by atoms with Crippen molar-refractivity contribution in [3.8, 4) is 0 Å². The van der Waals surface area contributed by atoms with Gasteiger partial charge in [0.2, 0.25) is 0 Å². The SMILES string of the molecule is COC(=O)CCCc1ccccc1.O=C(O)CCCc1ccccc1. The van der Waals surface area contributed by atoms with Gasteiger partial charge in [-0.05, 0) is 36.8 Å². The summed E-state index contributed by atoms with van der Waals surface area (Å²) >= 11 is 0. The Balaban J connectivity index is 0.000000251. The number of hydrogen-bond donors (Lipinski definition) is 1. The Hall–Kier alpha value is -2.62. The molecular weight excluding hydrogens is 316 g/mol. The Bertz CT molecular complexity index is 608. The largest absolute Gasteiger partial charge is 0.481 e. The van der Waals surface area contributed by atoms with E-state index in [9.17, 15) is 9.59 Å². The standard InChI is InChI=1S/C11H14O2.C10H12O2/c1-13-11(12)9-5-8-10-6-3-2-4-7-10;11-10(12)8-4-7-9-5-2-1-3-6-9/h2-4,6-7H,5,8-9H2,1H3;1-3,5-6H,4,7-8H2,(H,11,12). The van der Waals surface area contributed by atoms with E-state index in [1.54, 1.807) is 0 Å². The van der Waals surface area contributed by atoms with Crippen LogP contribution in [0, 0.1) is 0 Å². The van der Waals surface area contributed by atoms with E-state index in [2.05, 4.69) is 16.9 Å². The van der Waals surface area contributed by atoms with Crippen molar-refractivity contribution in [2.75, 3.05) is 7.11 Å². The van der Waals surface area contributed by atoms with Crippen LogP contribution in [0.15, 0.2) is 60.7 Å². The van der Waals surface area contributed by atoms with Crippen molar-refractivity contribution < 1.29 is 19.4 Å². The van der Waals surface area contributed by atoms with Gasteiger partial charge < -0.3 is 9.84 Å². The molecule has 2 aromatic rings. The average Bonchev–Trinajstić information content (AvgIpc) is 2.63. The Kier molecular flexibility index (Phi) is 10.4. The number of esters is 1. The highest BCUT2D eigenvalue weighted by Crippen LogP contribution is 2.05. The van der Waals surface area contributed by atoms with Crippen LogP contribution in [0.2, 0.25) is 0 Å². The molecule has 0 spiro atoms. The molecule has 134 valence electrons. The van der Waals surface area contributed by atoms with Gasteiger partial charge in [-0.3, -0.25) is 9.59 Å². The third-order valence-corrected chi connectivity index (χ3v) is 3.62. The van der Waals surface area contributed by atoms with E-state index in [0.29, 0.717) is 6.42 Å². The minimum atomic E-state index is -0.717. The number of carboxylic acids is 1. The van der Waals surface area contributed by atoms with E-state index in [-0.39, 0.29) is 12.4 Å². The fourth-order valence-electron chi connectivity index (χ4n) is 2.27. The van der Waals surface area contributed by atoms with E-state index in [4.69, 9.17) is 5.11 Å². The van der Waals surface area contributed by atoms with Gasteiger partial charge in [0.25, 0.3) is 0 Å². The molecule has 2 rings (SSSR count). The van der Waals surface area contributed by atoms with E-state index in [1.807, 2.05) is 48.5 Å². The molecule has 1 N–H and O–H groups in total. The van der Waals surface area contributed by atoms with Crippen LogP contribution < -0.4 is 0 Å². The van der Waals surface area contributed by atoms with Gasteiger partial charge in [0, 0.05) is 12.8 Å². The summed E-state index contributed by atoms with van der Waals surface area (Å²) in [4.78, 5) is 21.0. The van der Waals surface area contributed by atoms with E-state index >= 15 is 0 Å². The zero-order valence-electron chi connectivity index (χ0n) is 14.7. The summed E-state index contributed by atoms with van der Waals surface area (Å²) in [5.41, 5.74) is 2.48. The maximum absolute atomic E-state index is 10.8. The molecule has 0 saturated carbocycles. The van der Waals surface area contributed by atoms with Gasteiger partial charge in [0.05, 0.1) is 7.11 Å². The number of aliphatic carboxylic acids is 1. The maximum Gasteiger partial charge on any atom is 0.305 e. The molecule has 0 aliphatic carbocycles. The second kappa shape index (κ2) is 12.8. The second-order valence-corrected chi connectivity index (χ2v) is 5.65. The summed E-state index contributed by atoms with van der Waals surface area (Å²) in [6, 6.07) is 20.1. The lowest BCUT2D eigenvalue weighted by Gasteiger charge is -1.99. The Morgan fingerprint density at radius 2 is 1.24 bits per heavy atom. The predicted molar refractivity (Wildman–Crippen MR) is 98.4 cm³/mol. The van der Waals surface area contributed by atoms with Crippen molar-refractivity contribution in [3.05, 3.63) is 71.8 Å². The molecule has 0 aliphatic rings. The van der Waals surface area contributed by atoms with E-state index < -0.39 is 5.97 Å². The summed E-state index contributed by atoms with van der Waals surface area (Å²) in [5.74, 6) is -0.845. The smallest absolute Gasteiger partial charge is 0.305 e. The van der Waals surface area contributed by atoms with E-state index in [0.717, 1.165) is 25.7 Å². The number of methoxy groups -OCH3 is 1. The predicted octanol–water partition coefficient (Wildman–Crippen LogP) is 4.28. The first kappa shape index (κ1) is 20.4. The van der Waals surface area contributed by atoms with Gasteiger partial charge in [-0.2, -0.15) is 0 Å². The van der Waals surface area contributed by atoms with Gasteiger partial charge in [-0.15, -0.1) is 0 Å². The van der Waals surface area contributed by atoms with Crippen molar-refractivity contribution in [2.24, 2.45) is 0 Å². The summed E-state index contributed by atoms with van der Waals surface area (Å²) in [6.45, 7) is 0. The third kappa shape index (κ3) is 10.7. The summed E-state index contributed by atoms with van der Waals surface area (Å²) in [7, 11) is 1.42. The normalized spacial score (nSPS) is 9.64. The first-order valence-electron chi connectivity index (χ1n) is 8.48. The van der Waals surface area contributed by atoms with Crippen molar-refractivity contribution in [2.45, 2.75) is 38.5 Å². The average molecular weight is 342 g/mol. The molecule has 0 fully saturated rings. The Morgan fingerprint density at radius 1 is 0.800 bits per heavy atom. The fraction of sp³-hybridized carbons (Fsp3) is 0.333. The maximum atomic E-state index is 10.8. The van der Waals surface area contributed by atoms with Crippen LogP contribution in [0.3, 0.4) is 0 Å². The molecule has 0 heterocycles. The third-order valence-electron chi connectivity index (χ3n) is 3.62. The van der Waals surface area contributed by atoms with Gasteiger partial charge in [-0.1, -0.05) is 60.7 Å². The number of benzene rings is 2. The number of rotatable bonds is 8. The minimum Gasteiger partial charge on any atom is -0.481 e. The van der Waals surface area contributed by atoms with Crippen LogP contribution in [0.4, 0.5) is 0 Å². The van der Waals surface area contributed by atoms with Crippen molar-refractivity contribution in [1.29, 1.82) is 0 Å². The second-order valence-electron chi connectivity index (χ2n) is 5.65. The summed E-state index contributed by atoms with van der Waals surface area (Å²) < 4.78 is 4.55. The first-order valence-corrected chi connectivity index (χ1v) is 8.48. The quantitative estimate of drug-likeness (QED) is 0.728. The molecular formula is C21H26O4. The lowest BCUT2D eigenvalue weighted by molar-refractivity contribution is -0.140. The van der Waals surface area contributed by atoms with Crippen LogP contribution in [-0.4, -0.2) is 24.2 Å². The van der Waals surface area contributed by atoms with Gasteiger partial charge in [0.1, 0.15) is 0 Å². The molecule has 0 unspecified atom stereocenters. The van der Waals surface area contributed by atoms with Gasteiger partial charge in [-0.25, -0.2) is 0 Å². The monoisotopic (exact) mass is 342 g/mol. The zero-order valence-corrected chi connectivity index (χ0v) is 14.7. The zero-order chi connectivity index (χ0) is 18.3. The minimum absolute atomic E-state index is 0.129. The molecule has 0 atom stereocenters. The number of carbonyl (C=O) groups is 2. The van der Waals surface area contributed by atoms with Crippen LogP contribution in [0.25, 0.3) is 0 Å². The number of carbonyl (C=O) groups excluding carboxylic acids is 1. The topological polar surface area (TPSA) is 63.6 Å². The van der Waals surface area contributed by atoms with Crippen molar-refractivity contribution in [1.82, 2.24) is 0 Å². The number of carboxylic acid groups (broad SMARTS) is 1. The van der Waals surface area contributed by atoms with Crippen LogP contribution in [0.5, 0.6) is 0 Å². The molecule has 0 aliphatic heterocycles. The summed E-state index contributed by atoms with van der Waals surface area (Å²) in [6.07, 6.45) is 4.14. The highest BCUT2D eigenvalue weighted by Gasteiger charge is 1.99. The van der Waals surface area contributed by atoms with Crippen LogP contribution in [0.1, 0.15) is 36.8 Å². The van der Waals surface area contributed by atoms with E-state index in [1.165, 1.54) is 18.2 Å². The Labute approximate surface area is 149 Å².